The molecule has 1 fully saturated rings. The van der Waals surface area contributed by atoms with E-state index in [-0.39, 0.29) is 5.97 Å². The number of aromatic nitrogens is 1. The molecule has 5 heteroatoms. The quantitative estimate of drug-likeness (QED) is 0.842. The predicted octanol–water partition coefficient (Wildman–Crippen LogP) is 2.15. The molecule has 0 spiro atoms. The van der Waals surface area contributed by atoms with Crippen molar-refractivity contribution in [2.24, 2.45) is 0 Å². The third kappa shape index (κ3) is 3.73. The highest BCUT2D eigenvalue weighted by molar-refractivity contribution is 5.90. The molecule has 0 bridgehead atoms. The highest BCUT2D eigenvalue weighted by atomic mass is 16.5. The van der Waals surface area contributed by atoms with E-state index in [1.807, 2.05) is 19.1 Å². The minimum absolute atomic E-state index is 0.326. The molecule has 1 aromatic heterocycles. The van der Waals surface area contributed by atoms with Crippen LogP contribution in [0.5, 0.6) is 0 Å². The Hall–Kier alpha value is -1.62. The zero-order valence-electron chi connectivity index (χ0n) is 13.2. The largest absolute Gasteiger partial charge is 0.465 e. The molecule has 2 heterocycles. The van der Waals surface area contributed by atoms with Crippen LogP contribution in [-0.4, -0.2) is 43.7 Å². The lowest BCUT2D eigenvalue weighted by Gasteiger charge is -2.35. The average Bonchev–Trinajstić information content (AvgIpc) is 2.52. The molecule has 0 saturated carbocycles. The van der Waals surface area contributed by atoms with E-state index in [0.29, 0.717) is 11.6 Å². The number of pyridine rings is 1. The number of methoxy groups -OCH3 is 1. The summed E-state index contributed by atoms with van der Waals surface area (Å²) in [6.45, 7) is 7.12. The number of anilines is 1. The third-order valence-corrected chi connectivity index (χ3v) is 3.95. The fourth-order valence-corrected chi connectivity index (χ4v) is 2.86. The summed E-state index contributed by atoms with van der Waals surface area (Å²) in [4.78, 5) is 18.7. The van der Waals surface area contributed by atoms with Crippen LogP contribution in [0.25, 0.3) is 0 Å². The Morgan fingerprint density at radius 3 is 2.90 bits per heavy atom. The van der Waals surface area contributed by atoms with Gasteiger partial charge in [-0.1, -0.05) is 6.92 Å². The van der Waals surface area contributed by atoms with Crippen LogP contribution < -0.4 is 10.2 Å². The second-order valence-corrected chi connectivity index (χ2v) is 5.49. The van der Waals surface area contributed by atoms with Crippen LogP contribution in [0.3, 0.4) is 0 Å². The number of esters is 1. The van der Waals surface area contributed by atoms with E-state index in [9.17, 15) is 4.79 Å². The van der Waals surface area contributed by atoms with E-state index in [0.717, 1.165) is 37.6 Å². The van der Waals surface area contributed by atoms with Gasteiger partial charge in [-0.25, -0.2) is 9.78 Å². The maximum Gasteiger partial charge on any atom is 0.339 e. The van der Waals surface area contributed by atoms with Crippen molar-refractivity contribution in [2.75, 3.05) is 31.6 Å². The van der Waals surface area contributed by atoms with Crippen molar-refractivity contribution in [3.8, 4) is 0 Å². The third-order valence-electron chi connectivity index (χ3n) is 3.95. The first kappa shape index (κ1) is 15.8. The second-order valence-electron chi connectivity index (χ2n) is 5.49. The maximum atomic E-state index is 11.7. The van der Waals surface area contributed by atoms with E-state index in [2.05, 4.69) is 22.1 Å². The molecule has 116 valence electrons. The molecule has 1 N–H and O–H groups in total. The fourth-order valence-electron chi connectivity index (χ4n) is 2.86. The highest BCUT2D eigenvalue weighted by Crippen LogP contribution is 2.21. The number of rotatable bonds is 5. The first-order chi connectivity index (χ1) is 10.2. The van der Waals surface area contributed by atoms with Gasteiger partial charge in [0, 0.05) is 19.1 Å². The number of piperidine rings is 1. The molecule has 1 aliphatic heterocycles. The number of carbonyl (C=O) groups is 1. The molecule has 1 aliphatic rings. The number of carbonyl (C=O) groups excluding carboxylic acids is 1. The van der Waals surface area contributed by atoms with Gasteiger partial charge >= 0.3 is 5.97 Å². The molecule has 0 amide bonds. The van der Waals surface area contributed by atoms with Gasteiger partial charge in [-0.15, -0.1) is 0 Å². The topological polar surface area (TPSA) is 54.5 Å². The Bertz CT molecular complexity index is 484. The predicted molar refractivity (Wildman–Crippen MR) is 83.8 cm³/mol. The average molecular weight is 291 g/mol. The summed E-state index contributed by atoms with van der Waals surface area (Å²) in [5, 5.41) is 3.45. The number of hydrogen-bond donors (Lipinski definition) is 1. The normalized spacial score (nSPS) is 18.3. The first-order valence-electron chi connectivity index (χ1n) is 7.70. The number of nitrogens with one attached hydrogen (secondary N) is 1. The van der Waals surface area contributed by atoms with Crippen molar-refractivity contribution in [1.29, 1.82) is 0 Å². The van der Waals surface area contributed by atoms with Crippen LogP contribution in [0, 0.1) is 6.92 Å². The Balaban J connectivity index is 2.23. The second kappa shape index (κ2) is 7.41. The van der Waals surface area contributed by atoms with Gasteiger partial charge < -0.3 is 15.0 Å². The maximum absolute atomic E-state index is 11.7. The SMILES string of the molecule is CCCN(c1ccc(C(=O)OC)c(C)n1)C1CCCNC1. The molecule has 1 atom stereocenters. The van der Waals surface area contributed by atoms with Gasteiger partial charge in [0.25, 0.3) is 0 Å². The molecule has 21 heavy (non-hydrogen) atoms. The minimum atomic E-state index is -0.326. The first-order valence-corrected chi connectivity index (χ1v) is 7.70. The number of nitrogens with zero attached hydrogens (tertiary/aromatic N) is 2. The molecule has 2 rings (SSSR count). The molecule has 0 radical (unpaired) electrons. The number of ether oxygens (including phenoxy) is 1. The summed E-state index contributed by atoms with van der Waals surface area (Å²) >= 11 is 0. The van der Waals surface area contributed by atoms with Gasteiger partial charge in [-0.2, -0.15) is 0 Å². The van der Waals surface area contributed by atoms with Gasteiger partial charge in [0.2, 0.25) is 0 Å². The van der Waals surface area contributed by atoms with Crippen LogP contribution >= 0.6 is 0 Å². The summed E-state index contributed by atoms with van der Waals surface area (Å²) < 4.78 is 4.78. The smallest absolute Gasteiger partial charge is 0.339 e. The molecule has 1 saturated heterocycles. The lowest BCUT2D eigenvalue weighted by atomic mass is 10.1. The summed E-state index contributed by atoms with van der Waals surface area (Å²) in [7, 11) is 1.40. The van der Waals surface area contributed by atoms with Gasteiger partial charge in [-0.05, 0) is 44.9 Å². The van der Waals surface area contributed by atoms with Gasteiger partial charge in [0.05, 0.1) is 18.4 Å². The van der Waals surface area contributed by atoms with E-state index in [4.69, 9.17) is 4.74 Å². The zero-order chi connectivity index (χ0) is 15.2. The summed E-state index contributed by atoms with van der Waals surface area (Å²) in [5.74, 6) is 0.628. The number of aryl methyl sites for hydroxylation is 1. The van der Waals surface area contributed by atoms with E-state index in [1.165, 1.54) is 20.0 Å². The Morgan fingerprint density at radius 2 is 2.33 bits per heavy atom. The fraction of sp³-hybridized carbons (Fsp3) is 0.625. The highest BCUT2D eigenvalue weighted by Gasteiger charge is 2.22. The Morgan fingerprint density at radius 1 is 1.52 bits per heavy atom. The van der Waals surface area contributed by atoms with Crippen LogP contribution in [0.1, 0.15) is 42.2 Å². The number of hydrogen-bond acceptors (Lipinski definition) is 5. The Kier molecular flexibility index (Phi) is 5.56. The molecule has 0 aromatic carbocycles. The van der Waals surface area contributed by atoms with Crippen LogP contribution in [0.4, 0.5) is 5.82 Å². The summed E-state index contributed by atoms with van der Waals surface area (Å²) in [5.41, 5.74) is 1.27. The van der Waals surface area contributed by atoms with E-state index in [1.54, 1.807) is 0 Å². The lowest BCUT2D eigenvalue weighted by molar-refractivity contribution is 0.0599. The standard InChI is InChI=1S/C16H25N3O2/c1-4-10-19(13-6-5-9-17-11-13)15-8-7-14(12(2)18-15)16(20)21-3/h7-8,13,17H,4-6,9-11H2,1-3H3. The van der Waals surface area contributed by atoms with Crippen LogP contribution in [-0.2, 0) is 4.74 Å². The zero-order valence-corrected chi connectivity index (χ0v) is 13.2. The van der Waals surface area contributed by atoms with Crippen molar-refractivity contribution in [3.63, 3.8) is 0 Å². The van der Waals surface area contributed by atoms with Crippen molar-refractivity contribution >= 4 is 11.8 Å². The Labute approximate surface area is 126 Å². The lowest BCUT2D eigenvalue weighted by Crippen LogP contribution is -2.47. The van der Waals surface area contributed by atoms with Crippen LogP contribution in [0.15, 0.2) is 12.1 Å². The van der Waals surface area contributed by atoms with Crippen molar-refractivity contribution in [1.82, 2.24) is 10.3 Å². The van der Waals surface area contributed by atoms with Crippen molar-refractivity contribution in [2.45, 2.75) is 39.2 Å². The van der Waals surface area contributed by atoms with Gasteiger partial charge in [-0.3, -0.25) is 0 Å². The van der Waals surface area contributed by atoms with Crippen LogP contribution in [0.2, 0.25) is 0 Å². The van der Waals surface area contributed by atoms with E-state index < -0.39 is 0 Å². The summed E-state index contributed by atoms with van der Waals surface area (Å²) in [6.07, 6.45) is 3.46. The molecule has 5 nitrogen and oxygen atoms in total. The monoisotopic (exact) mass is 291 g/mol. The van der Waals surface area contributed by atoms with Crippen molar-refractivity contribution in [3.05, 3.63) is 23.4 Å². The van der Waals surface area contributed by atoms with Gasteiger partial charge in [0.15, 0.2) is 0 Å². The van der Waals surface area contributed by atoms with Gasteiger partial charge in [0.1, 0.15) is 5.82 Å². The molecule has 1 aromatic rings. The molecule has 1 unspecified atom stereocenters. The minimum Gasteiger partial charge on any atom is -0.465 e. The summed E-state index contributed by atoms with van der Waals surface area (Å²) in [6, 6.07) is 4.24. The van der Waals surface area contributed by atoms with Crippen molar-refractivity contribution < 1.29 is 9.53 Å². The molecular formula is C16H25N3O2. The van der Waals surface area contributed by atoms with E-state index >= 15 is 0 Å². The molecular weight excluding hydrogens is 266 g/mol. The molecule has 0 aliphatic carbocycles.